The summed E-state index contributed by atoms with van der Waals surface area (Å²) in [6.45, 7) is 0. The fourth-order valence-corrected chi connectivity index (χ4v) is 3.98. The Morgan fingerprint density at radius 3 is 2.65 bits per heavy atom. The minimum Gasteiger partial charge on any atom is -0.390 e. The molecular formula is C16H17F3O3S. The highest BCUT2D eigenvalue weighted by molar-refractivity contribution is 8.00. The molecule has 3 unspecified atom stereocenters. The van der Waals surface area contributed by atoms with Crippen molar-refractivity contribution in [3.8, 4) is 0 Å². The van der Waals surface area contributed by atoms with E-state index >= 15 is 0 Å². The number of halogens is 3. The molecule has 0 radical (unpaired) electrons. The highest BCUT2D eigenvalue weighted by Gasteiger charge is 2.39. The van der Waals surface area contributed by atoms with E-state index in [1.165, 1.54) is 12.1 Å². The van der Waals surface area contributed by atoms with Crippen LogP contribution >= 0.6 is 11.8 Å². The average molecular weight is 346 g/mol. The van der Waals surface area contributed by atoms with Crippen molar-refractivity contribution < 1.29 is 27.8 Å². The van der Waals surface area contributed by atoms with E-state index in [-0.39, 0.29) is 28.6 Å². The van der Waals surface area contributed by atoms with Gasteiger partial charge in [-0.1, -0.05) is 25.0 Å². The zero-order valence-corrected chi connectivity index (χ0v) is 13.1. The van der Waals surface area contributed by atoms with Gasteiger partial charge in [0.1, 0.15) is 6.10 Å². The van der Waals surface area contributed by atoms with Gasteiger partial charge in [0.2, 0.25) is 0 Å². The summed E-state index contributed by atoms with van der Waals surface area (Å²) in [6, 6.07) is 4.50. The maximum atomic E-state index is 12.6. The molecule has 1 aromatic rings. The monoisotopic (exact) mass is 346 g/mol. The number of hydrogen-bond donors (Lipinski definition) is 1. The molecule has 0 spiro atoms. The molecule has 1 N–H and O–H groups in total. The topological polar surface area (TPSA) is 46.5 Å². The van der Waals surface area contributed by atoms with E-state index < -0.39 is 29.6 Å². The van der Waals surface area contributed by atoms with Gasteiger partial charge in [0, 0.05) is 16.9 Å². The van der Waals surface area contributed by atoms with Crippen LogP contribution in [0.4, 0.5) is 13.2 Å². The summed E-state index contributed by atoms with van der Waals surface area (Å²) in [5.41, 5.74) is -3.74. The number of carbonyl (C=O) groups excluding carboxylic acids is 1. The Morgan fingerprint density at radius 2 is 1.96 bits per heavy atom. The standard InChI is InChI=1S/C16H17F3O3S/c17-16(18,19)23-13-7-3-4-9-8-12(15(21)14(9)13)22-11-6-2-1-5-10(11)20/h3-4,7,10-12,20H,1-2,5-6,8H2. The van der Waals surface area contributed by atoms with Crippen molar-refractivity contribution in [2.45, 2.75) is 60.8 Å². The SMILES string of the molecule is O=C1c2c(cccc2SC(F)(F)F)CC1OC1CCCCC1O. The minimum atomic E-state index is -4.44. The molecule has 0 bridgehead atoms. The largest absolute Gasteiger partial charge is 0.446 e. The molecule has 3 nitrogen and oxygen atoms in total. The molecule has 126 valence electrons. The normalized spacial score (nSPS) is 28.0. The second kappa shape index (κ2) is 6.45. The van der Waals surface area contributed by atoms with Gasteiger partial charge >= 0.3 is 5.51 Å². The average Bonchev–Trinajstić information content (AvgIpc) is 2.77. The van der Waals surface area contributed by atoms with Crippen molar-refractivity contribution in [1.29, 1.82) is 0 Å². The van der Waals surface area contributed by atoms with E-state index in [9.17, 15) is 23.1 Å². The van der Waals surface area contributed by atoms with Crippen LogP contribution in [-0.2, 0) is 11.2 Å². The van der Waals surface area contributed by atoms with E-state index in [1.54, 1.807) is 6.07 Å². The second-order valence-corrected chi connectivity index (χ2v) is 7.03. The number of hydrogen-bond acceptors (Lipinski definition) is 4. The van der Waals surface area contributed by atoms with Crippen molar-refractivity contribution in [3.05, 3.63) is 29.3 Å². The number of aliphatic hydroxyl groups excluding tert-OH is 1. The van der Waals surface area contributed by atoms with Gasteiger partial charge in [-0.05, 0) is 36.2 Å². The number of ketones is 1. The highest BCUT2D eigenvalue weighted by atomic mass is 32.2. The number of rotatable bonds is 3. The number of fused-ring (bicyclic) bond motifs is 1. The summed E-state index contributed by atoms with van der Waals surface area (Å²) >= 11 is -0.267. The third-order valence-corrected chi connectivity index (χ3v) is 5.08. The molecule has 1 aromatic carbocycles. The van der Waals surface area contributed by atoms with Crippen LogP contribution in [0.5, 0.6) is 0 Å². The fraction of sp³-hybridized carbons (Fsp3) is 0.562. The summed E-state index contributed by atoms with van der Waals surface area (Å²) in [7, 11) is 0. The van der Waals surface area contributed by atoms with Gasteiger partial charge in [0.15, 0.2) is 5.78 Å². The first-order valence-electron chi connectivity index (χ1n) is 7.60. The number of thioether (sulfide) groups is 1. The van der Waals surface area contributed by atoms with E-state index in [2.05, 4.69) is 0 Å². The van der Waals surface area contributed by atoms with Gasteiger partial charge in [-0.15, -0.1) is 0 Å². The number of benzene rings is 1. The Morgan fingerprint density at radius 1 is 1.22 bits per heavy atom. The summed E-state index contributed by atoms with van der Waals surface area (Å²) in [5, 5.41) is 9.95. The molecule has 0 aromatic heterocycles. The molecule has 0 heterocycles. The lowest BCUT2D eigenvalue weighted by molar-refractivity contribution is -0.0803. The lowest BCUT2D eigenvalue weighted by atomic mass is 9.94. The Labute approximate surface area is 136 Å². The number of ether oxygens (including phenoxy) is 1. The summed E-state index contributed by atoms with van der Waals surface area (Å²) in [4.78, 5) is 12.4. The number of carbonyl (C=O) groups is 1. The van der Waals surface area contributed by atoms with Gasteiger partial charge in [0.25, 0.3) is 0 Å². The fourth-order valence-electron chi connectivity index (χ4n) is 3.25. The smallest absolute Gasteiger partial charge is 0.390 e. The lowest BCUT2D eigenvalue weighted by Gasteiger charge is -2.29. The van der Waals surface area contributed by atoms with E-state index in [0.717, 1.165) is 12.8 Å². The first-order valence-corrected chi connectivity index (χ1v) is 8.42. The van der Waals surface area contributed by atoms with Crippen LogP contribution < -0.4 is 0 Å². The van der Waals surface area contributed by atoms with E-state index in [4.69, 9.17) is 4.74 Å². The number of aliphatic hydroxyl groups is 1. The van der Waals surface area contributed by atoms with Gasteiger partial charge in [-0.3, -0.25) is 4.79 Å². The van der Waals surface area contributed by atoms with Gasteiger partial charge in [-0.25, -0.2) is 0 Å². The molecule has 2 aliphatic carbocycles. The van der Waals surface area contributed by atoms with Crippen molar-refractivity contribution >= 4 is 17.5 Å². The predicted molar refractivity (Wildman–Crippen MR) is 79.5 cm³/mol. The van der Waals surface area contributed by atoms with Crippen LogP contribution in [0.1, 0.15) is 41.6 Å². The molecule has 23 heavy (non-hydrogen) atoms. The molecule has 7 heteroatoms. The molecule has 3 rings (SSSR count). The Balaban J connectivity index is 1.78. The van der Waals surface area contributed by atoms with Crippen LogP contribution in [0, 0.1) is 0 Å². The predicted octanol–water partition coefficient (Wildman–Crippen LogP) is 3.73. The van der Waals surface area contributed by atoms with E-state index in [0.29, 0.717) is 18.4 Å². The third kappa shape index (κ3) is 3.72. The molecule has 0 aliphatic heterocycles. The summed E-state index contributed by atoms with van der Waals surface area (Å²) in [6.07, 6.45) is 1.60. The Bertz CT molecular complexity index is 603. The highest BCUT2D eigenvalue weighted by Crippen LogP contribution is 2.42. The quantitative estimate of drug-likeness (QED) is 0.847. The van der Waals surface area contributed by atoms with Crippen LogP contribution in [0.3, 0.4) is 0 Å². The molecule has 2 aliphatic rings. The maximum absolute atomic E-state index is 12.6. The van der Waals surface area contributed by atoms with Crippen molar-refractivity contribution in [2.24, 2.45) is 0 Å². The zero-order valence-electron chi connectivity index (χ0n) is 12.3. The summed E-state index contributed by atoms with van der Waals surface area (Å²) < 4.78 is 43.7. The van der Waals surface area contributed by atoms with Gasteiger partial charge < -0.3 is 9.84 Å². The van der Waals surface area contributed by atoms with Gasteiger partial charge in [-0.2, -0.15) is 13.2 Å². The van der Waals surface area contributed by atoms with Crippen LogP contribution in [0.15, 0.2) is 23.1 Å². The van der Waals surface area contributed by atoms with Crippen LogP contribution in [-0.4, -0.2) is 34.7 Å². The second-order valence-electron chi connectivity index (χ2n) is 5.92. The zero-order chi connectivity index (χ0) is 16.6. The first kappa shape index (κ1) is 16.8. The molecule has 0 amide bonds. The minimum absolute atomic E-state index is 0.0738. The Hall–Kier alpha value is -1.05. The lowest BCUT2D eigenvalue weighted by Crippen LogP contribution is -2.37. The molecule has 1 fully saturated rings. The Kier molecular flexibility index (Phi) is 4.71. The summed E-state index contributed by atoms with van der Waals surface area (Å²) in [5.74, 6) is -0.412. The molecule has 3 atom stereocenters. The first-order chi connectivity index (χ1) is 10.8. The maximum Gasteiger partial charge on any atom is 0.446 e. The van der Waals surface area contributed by atoms with Crippen molar-refractivity contribution in [2.75, 3.05) is 0 Å². The third-order valence-electron chi connectivity index (χ3n) is 4.29. The van der Waals surface area contributed by atoms with Crippen molar-refractivity contribution in [1.82, 2.24) is 0 Å². The molecule has 1 saturated carbocycles. The van der Waals surface area contributed by atoms with E-state index in [1.807, 2.05) is 0 Å². The van der Waals surface area contributed by atoms with Crippen LogP contribution in [0.2, 0.25) is 0 Å². The molecule has 0 saturated heterocycles. The van der Waals surface area contributed by atoms with Crippen LogP contribution in [0.25, 0.3) is 0 Å². The number of alkyl halides is 3. The molecular weight excluding hydrogens is 329 g/mol. The number of Topliss-reactive ketones (excluding diaryl/α,β-unsaturated/α-hetero) is 1. The van der Waals surface area contributed by atoms with Gasteiger partial charge in [0.05, 0.1) is 12.2 Å². The van der Waals surface area contributed by atoms with Crippen molar-refractivity contribution in [3.63, 3.8) is 0 Å².